The minimum Gasteiger partial charge on any atom is -0.496 e. The van der Waals surface area contributed by atoms with Crippen molar-refractivity contribution in [1.29, 1.82) is 0 Å². The van der Waals surface area contributed by atoms with Crippen molar-refractivity contribution >= 4 is 5.91 Å². The smallest absolute Gasteiger partial charge is 0.227 e. The molecule has 2 rings (SSSR count). The SMILES string of the molecule is COc1cc(CC(=O)N2CC(CN)CC2C)ccc1C. The van der Waals surface area contributed by atoms with Gasteiger partial charge >= 0.3 is 0 Å². The van der Waals surface area contributed by atoms with Crippen LogP contribution in [0.5, 0.6) is 5.75 Å². The maximum absolute atomic E-state index is 12.4. The number of hydrogen-bond donors (Lipinski definition) is 1. The molecule has 4 heteroatoms. The first-order chi connectivity index (χ1) is 9.55. The number of carbonyl (C=O) groups is 1. The van der Waals surface area contributed by atoms with Crippen LogP contribution in [0.3, 0.4) is 0 Å². The predicted octanol–water partition coefficient (Wildman–Crippen LogP) is 1.74. The highest BCUT2D eigenvalue weighted by Crippen LogP contribution is 2.24. The molecule has 20 heavy (non-hydrogen) atoms. The number of ether oxygens (including phenoxy) is 1. The highest BCUT2D eigenvalue weighted by Gasteiger charge is 2.31. The lowest BCUT2D eigenvalue weighted by molar-refractivity contribution is -0.131. The minimum atomic E-state index is 0.180. The second kappa shape index (κ2) is 6.27. The Morgan fingerprint density at radius 2 is 2.25 bits per heavy atom. The van der Waals surface area contributed by atoms with E-state index in [2.05, 4.69) is 6.92 Å². The van der Waals surface area contributed by atoms with Gasteiger partial charge in [0.2, 0.25) is 5.91 Å². The molecule has 2 atom stereocenters. The molecule has 2 unspecified atom stereocenters. The molecule has 0 spiro atoms. The van der Waals surface area contributed by atoms with Gasteiger partial charge in [0.25, 0.3) is 0 Å². The van der Waals surface area contributed by atoms with Crippen LogP contribution in [0.15, 0.2) is 18.2 Å². The molecule has 0 aliphatic carbocycles. The normalized spacial score (nSPS) is 22.1. The Morgan fingerprint density at radius 1 is 1.50 bits per heavy atom. The molecule has 0 aromatic heterocycles. The molecule has 4 nitrogen and oxygen atoms in total. The zero-order valence-electron chi connectivity index (χ0n) is 12.6. The zero-order valence-corrected chi connectivity index (χ0v) is 12.6. The van der Waals surface area contributed by atoms with Crippen LogP contribution in [-0.4, -0.2) is 37.0 Å². The van der Waals surface area contributed by atoms with E-state index in [0.29, 0.717) is 24.9 Å². The Labute approximate surface area is 120 Å². The fraction of sp³-hybridized carbons (Fsp3) is 0.562. The van der Waals surface area contributed by atoms with E-state index in [1.54, 1.807) is 7.11 Å². The van der Waals surface area contributed by atoms with Gasteiger partial charge in [-0.15, -0.1) is 0 Å². The van der Waals surface area contributed by atoms with Crippen molar-refractivity contribution in [3.8, 4) is 5.75 Å². The van der Waals surface area contributed by atoms with Crippen molar-refractivity contribution in [1.82, 2.24) is 4.90 Å². The Bertz CT molecular complexity index is 487. The quantitative estimate of drug-likeness (QED) is 0.911. The molecular weight excluding hydrogens is 252 g/mol. The van der Waals surface area contributed by atoms with E-state index in [-0.39, 0.29) is 5.91 Å². The standard InChI is InChI=1S/C16H24N2O2/c1-11-4-5-13(7-15(11)20-3)8-16(19)18-10-14(9-17)6-12(18)2/h4-5,7,12,14H,6,8-10,17H2,1-3H3. The minimum absolute atomic E-state index is 0.180. The number of nitrogens with two attached hydrogens (primary N) is 1. The summed E-state index contributed by atoms with van der Waals surface area (Å²) >= 11 is 0. The Hall–Kier alpha value is -1.55. The molecule has 0 bridgehead atoms. The van der Waals surface area contributed by atoms with E-state index in [4.69, 9.17) is 10.5 Å². The summed E-state index contributed by atoms with van der Waals surface area (Å²) in [4.78, 5) is 14.4. The third-order valence-electron chi connectivity index (χ3n) is 4.14. The van der Waals surface area contributed by atoms with E-state index >= 15 is 0 Å². The van der Waals surface area contributed by atoms with Gasteiger partial charge in [0.1, 0.15) is 5.75 Å². The van der Waals surface area contributed by atoms with Gasteiger partial charge < -0.3 is 15.4 Å². The van der Waals surface area contributed by atoms with E-state index in [0.717, 1.165) is 29.8 Å². The summed E-state index contributed by atoms with van der Waals surface area (Å²) in [6.45, 7) is 5.55. The first-order valence-electron chi connectivity index (χ1n) is 7.18. The molecule has 1 heterocycles. The average molecular weight is 276 g/mol. The van der Waals surface area contributed by atoms with E-state index in [9.17, 15) is 4.79 Å². The number of likely N-dealkylation sites (tertiary alicyclic amines) is 1. The molecule has 1 aliphatic heterocycles. The summed E-state index contributed by atoms with van der Waals surface area (Å²) in [6.07, 6.45) is 1.44. The number of methoxy groups -OCH3 is 1. The predicted molar refractivity (Wildman–Crippen MR) is 79.8 cm³/mol. The van der Waals surface area contributed by atoms with Gasteiger partial charge in [-0.05, 0) is 49.9 Å². The van der Waals surface area contributed by atoms with Gasteiger partial charge in [-0.25, -0.2) is 0 Å². The maximum atomic E-state index is 12.4. The number of benzene rings is 1. The van der Waals surface area contributed by atoms with Crippen molar-refractivity contribution in [3.63, 3.8) is 0 Å². The molecule has 1 aromatic rings. The lowest BCUT2D eigenvalue weighted by Crippen LogP contribution is -2.35. The van der Waals surface area contributed by atoms with Crippen molar-refractivity contribution in [3.05, 3.63) is 29.3 Å². The largest absolute Gasteiger partial charge is 0.496 e. The van der Waals surface area contributed by atoms with Crippen molar-refractivity contribution in [2.45, 2.75) is 32.7 Å². The molecule has 1 aliphatic rings. The van der Waals surface area contributed by atoms with E-state index in [1.165, 1.54) is 0 Å². The number of carbonyl (C=O) groups excluding carboxylic acids is 1. The first-order valence-corrected chi connectivity index (χ1v) is 7.18. The van der Waals surface area contributed by atoms with Crippen molar-refractivity contribution in [2.24, 2.45) is 11.7 Å². The second-order valence-electron chi connectivity index (χ2n) is 5.71. The highest BCUT2D eigenvalue weighted by molar-refractivity contribution is 5.79. The lowest BCUT2D eigenvalue weighted by Gasteiger charge is -2.21. The number of aryl methyl sites for hydroxylation is 1. The highest BCUT2D eigenvalue weighted by atomic mass is 16.5. The van der Waals surface area contributed by atoms with Crippen LogP contribution in [0, 0.1) is 12.8 Å². The number of nitrogens with zero attached hydrogens (tertiary/aromatic N) is 1. The van der Waals surface area contributed by atoms with E-state index in [1.807, 2.05) is 30.0 Å². The first kappa shape index (κ1) is 14.9. The van der Waals surface area contributed by atoms with Gasteiger partial charge in [0.15, 0.2) is 0 Å². The molecule has 1 amide bonds. The monoisotopic (exact) mass is 276 g/mol. The molecular formula is C16H24N2O2. The summed E-state index contributed by atoms with van der Waals surface area (Å²) in [6, 6.07) is 6.24. The Balaban J connectivity index is 2.04. The van der Waals surface area contributed by atoms with Gasteiger partial charge in [-0.3, -0.25) is 4.79 Å². The summed E-state index contributed by atoms with van der Waals surface area (Å²) in [5.41, 5.74) is 7.80. The summed E-state index contributed by atoms with van der Waals surface area (Å²) in [7, 11) is 1.66. The molecule has 2 N–H and O–H groups in total. The summed E-state index contributed by atoms with van der Waals surface area (Å²) in [5, 5.41) is 0. The van der Waals surface area contributed by atoms with Crippen LogP contribution < -0.4 is 10.5 Å². The van der Waals surface area contributed by atoms with Crippen LogP contribution in [0.1, 0.15) is 24.5 Å². The Kier molecular flexibility index (Phi) is 4.65. The van der Waals surface area contributed by atoms with Gasteiger partial charge in [0.05, 0.1) is 13.5 Å². The molecule has 0 saturated carbocycles. The van der Waals surface area contributed by atoms with Gasteiger partial charge in [0, 0.05) is 12.6 Å². The Morgan fingerprint density at radius 3 is 2.85 bits per heavy atom. The van der Waals surface area contributed by atoms with Crippen LogP contribution in [0.25, 0.3) is 0 Å². The fourth-order valence-corrected chi connectivity index (χ4v) is 2.91. The second-order valence-corrected chi connectivity index (χ2v) is 5.71. The third kappa shape index (κ3) is 3.12. The summed E-state index contributed by atoms with van der Waals surface area (Å²) in [5.74, 6) is 1.46. The van der Waals surface area contributed by atoms with Crippen LogP contribution in [0.4, 0.5) is 0 Å². The number of amides is 1. The molecule has 0 radical (unpaired) electrons. The lowest BCUT2D eigenvalue weighted by atomic mass is 10.1. The van der Waals surface area contributed by atoms with E-state index < -0.39 is 0 Å². The number of hydrogen-bond acceptors (Lipinski definition) is 3. The zero-order chi connectivity index (χ0) is 14.7. The topological polar surface area (TPSA) is 55.6 Å². The molecule has 110 valence electrons. The maximum Gasteiger partial charge on any atom is 0.227 e. The average Bonchev–Trinajstić information content (AvgIpc) is 2.82. The van der Waals surface area contributed by atoms with Crippen LogP contribution >= 0.6 is 0 Å². The molecule has 1 saturated heterocycles. The fourth-order valence-electron chi connectivity index (χ4n) is 2.91. The van der Waals surface area contributed by atoms with Crippen molar-refractivity contribution in [2.75, 3.05) is 20.2 Å². The summed E-state index contributed by atoms with van der Waals surface area (Å²) < 4.78 is 5.31. The van der Waals surface area contributed by atoms with Crippen molar-refractivity contribution < 1.29 is 9.53 Å². The van der Waals surface area contributed by atoms with Crippen LogP contribution in [-0.2, 0) is 11.2 Å². The molecule has 1 fully saturated rings. The molecule has 1 aromatic carbocycles. The van der Waals surface area contributed by atoms with Crippen LogP contribution in [0.2, 0.25) is 0 Å². The third-order valence-corrected chi connectivity index (χ3v) is 4.14. The van der Waals surface area contributed by atoms with Gasteiger partial charge in [-0.1, -0.05) is 12.1 Å². The van der Waals surface area contributed by atoms with Gasteiger partial charge in [-0.2, -0.15) is 0 Å². The number of rotatable bonds is 4.